The fourth-order valence-electron chi connectivity index (χ4n) is 3.67. The van der Waals surface area contributed by atoms with Crippen molar-refractivity contribution in [3.63, 3.8) is 0 Å². The van der Waals surface area contributed by atoms with E-state index < -0.39 is 24.1 Å². The second kappa shape index (κ2) is 11.1. The van der Waals surface area contributed by atoms with E-state index in [-0.39, 0.29) is 11.4 Å². The molecule has 2 rings (SSSR count). The molecule has 2 atom stereocenters. The van der Waals surface area contributed by atoms with Crippen LogP contribution in [0.1, 0.15) is 77.6 Å². The quantitative estimate of drug-likeness (QED) is 0.345. The monoisotopic (exact) mass is 442 g/mol. The first-order valence-corrected chi connectivity index (χ1v) is 11.0. The Kier molecular flexibility index (Phi) is 8.81. The second-order valence-corrected chi connectivity index (χ2v) is 9.08. The molecule has 1 aromatic carbocycles. The molecule has 1 aliphatic rings. The highest BCUT2D eigenvalue weighted by atomic mass is 16.6. The largest absolute Gasteiger partial charge is 0.458 e. The Morgan fingerprint density at radius 3 is 2.22 bits per heavy atom. The summed E-state index contributed by atoms with van der Waals surface area (Å²) in [5, 5.41) is 0. The van der Waals surface area contributed by atoms with Crippen LogP contribution in [0, 0.1) is 5.41 Å². The van der Waals surface area contributed by atoms with Crippen LogP contribution in [-0.4, -0.2) is 30.1 Å². The van der Waals surface area contributed by atoms with E-state index in [2.05, 4.69) is 26.8 Å². The summed E-state index contributed by atoms with van der Waals surface area (Å²) in [6.45, 7) is 10.9. The number of rotatable bonds is 4. The number of carbonyl (C=O) groups excluding carboxylic acids is 3. The molecular weight excluding hydrogens is 408 g/mol. The molecule has 1 aromatic rings. The summed E-state index contributed by atoms with van der Waals surface area (Å²) in [6.07, 6.45) is 6.49. The van der Waals surface area contributed by atoms with Crippen molar-refractivity contribution in [2.75, 3.05) is 0 Å². The molecular formula is C26H34O6. The second-order valence-electron chi connectivity index (χ2n) is 9.08. The van der Waals surface area contributed by atoms with Crippen molar-refractivity contribution >= 4 is 17.9 Å². The zero-order chi connectivity index (χ0) is 23.9. The number of allylic oxidation sites excluding steroid dienone is 1. The van der Waals surface area contributed by atoms with Crippen LogP contribution in [0.15, 0.2) is 47.6 Å². The summed E-state index contributed by atoms with van der Waals surface area (Å²) in [5.74, 6) is -0.866. The van der Waals surface area contributed by atoms with Crippen molar-refractivity contribution in [1.29, 1.82) is 0 Å². The highest BCUT2D eigenvalue weighted by Gasteiger charge is 2.32. The molecule has 0 saturated heterocycles. The number of carbonyl (C=O) groups is 3. The zero-order valence-electron chi connectivity index (χ0n) is 19.9. The van der Waals surface area contributed by atoms with E-state index in [1.807, 2.05) is 13.0 Å². The maximum absolute atomic E-state index is 12.8. The predicted molar refractivity (Wildman–Crippen MR) is 122 cm³/mol. The van der Waals surface area contributed by atoms with Crippen molar-refractivity contribution in [2.24, 2.45) is 5.41 Å². The lowest BCUT2D eigenvalue weighted by Crippen LogP contribution is -2.33. The van der Waals surface area contributed by atoms with Crippen LogP contribution >= 0.6 is 0 Å². The molecule has 32 heavy (non-hydrogen) atoms. The lowest BCUT2D eigenvalue weighted by molar-refractivity contribution is -0.149. The van der Waals surface area contributed by atoms with Crippen molar-refractivity contribution in [1.82, 2.24) is 0 Å². The van der Waals surface area contributed by atoms with Gasteiger partial charge in [-0.05, 0) is 69.0 Å². The molecule has 0 fully saturated rings. The molecule has 0 heterocycles. The molecule has 1 unspecified atom stereocenters. The van der Waals surface area contributed by atoms with E-state index in [9.17, 15) is 14.4 Å². The average Bonchev–Trinajstić information content (AvgIpc) is 2.70. The molecule has 0 spiro atoms. The predicted octanol–water partition coefficient (Wildman–Crippen LogP) is 5.56. The molecule has 0 bridgehead atoms. The van der Waals surface area contributed by atoms with Crippen LogP contribution in [0.5, 0.6) is 5.75 Å². The van der Waals surface area contributed by atoms with E-state index in [0.717, 1.165) is 24.8 Å². The Morgan fingerprint density at radius 2 is 1.62 bits per heavy atom. The molecule has 174 valence electrons. The Balaban J connectivity index is 2.29. The first-order chi connectivity index (χ1) is 15.0. The van der Waals surface area contributed by atoms with E-state index in [0.29, 0.717) is 17.7 Å². The Hall–Kier alpha value is -2.89. The SMILES string of the molecule is CC(=O)Oc1ccc(C(=O)OC2C/C=C(\C)CCCC(C)(C)[C@H](OC(C)=O)/C=C/2C)cc1. The topological polar surface area (TPSA) is 78.9 Å². The van der Waals surface area contributed by atoms with Crippen molar-refractivity contribution < 1.29 is 28.6 Å². The van der Waals surface area contributed by atoms with Gasteiger partial charge in [-0.2, -0.15) is 0 Å². The van der Waals surface area contributed by atoms with Gasteiger partial charge in [-0.3, -0.25) is 9.59 Å². The molecule has 0 amide bonds. The Bertz CT molecular complexity index is 891. The highest BCUT2D eigenvalue weighted by Crippen LogP contribution is 2.34. The van der Waals surface area contributed by atoms with Crippen molar-refractivity contribution in [2.45, 2.75) is 79.4 Å². The van der Waals surface area contributed by atoms with Gasteiger partial charge in [-0.1, -0.05) is 25.5 Å². The van der Waals surface area contributed by atoms with Gasteiger partial charge in [0.05, 0.1) is 5.56 Å². The molecule has 0 aliphatic heterocycles. The van der Waals surface area contributed by atoms with Crippen LogP contribution in [0.3, 0.4) is 0 Å². The van der Waals surface area contributed by atoms with Gasteiger partial charge in [0, 0.05) is 25.7 Å². The van der Waals surface area contributed by atoms with Crippen molar-refractivity contribution in [3.05, 3.63) is 53.1 Å². The zero-order valence-corrected chi connectivity index (χ0v) is 19.9. The number of ether oxygens (including phenoxy) is 3. The van der Waals surface area contributed by atoms with Gasteiger partial charge in [-0.15, -0.1) is 0 Å². The summed E-state index contributed by atoms with van der Waals surface area (Å²) in [7, 11) is 0. The van der Waals surface area contributed by atoms with Gasteiger partial charge in [-0.25, -0.2) is 4.79 Å². The molecule has 0 aromatic heterocycles. The van der Waals surface area contributed by atoms with Crippen LogP contribution in [-0.2, 0) is 19.1 Å². The molecule has 6 nitrogen and oxygen atoms in total. The molecule has 1 aliphatic carbocycles. The third kappa shape index (κ3) is 7.66. The number of benzene rings is 1. The maximum atomic E-state index is 12.8. The average molecular weight is 443 g/mol. The lowest BCUT2D eigenvalue weighted by Gasteiger charge is -2.32. The van der Waals surface area contributed by atoms with Crippen LogP contribution < -0.4 is 4.74 Å². The first kappa shape index (κ1) is 25.4. The van der Waals surface area contributed by atoms with Crippen molar-refractivity contribution in [3.8, 4) is 5.75 Å². The first-order valence-electron chi connectivity index (χ1n) is 11.0. The summed E-state index contributed by atoms with van der Waals surface area (Å²) >= 11 is 0. The van der Waals surface area contributed by atoms with E-state index in [4.69, 9.17) is 14.2 Å². The standard InChI is InChI=1S/C26H34O6/c1-17-8-7-15-26(5,6)24(31-20(4)28)16-18(2)23(14-9-17)32-25(29)21-10-12-22(13-11-21)30-19(3)27/h9-13,16,23-24H,7-8,14-15H2,1-6H3/b17-9+,18-16+/t23?,24-/m1/s1. The minimum Gasteiger partial charge on any atom is -0.458 e. The minimum atomic E-state index is -0.488. The van der Waals surface area contributed by atoms with E-state index >= 15 is 0 Å². The van der Waals surface area contributed by atoms with Gasteiger partial charge in [0.1, 0.15) is 18.0 Å². The number of hydrogen-bond acceptors (Lipinski definition) is 6. The third-order valence-corrected chi connectivity index (χ3v) is 5.66. The molecule has 6 heteroatoms. The molecule has 0 radical (unpaired) electrons. The molecule has 0 N–H and O–H groups in total. The summed E-state index contributed by atoms with van der Waals surface area (Å²) in [4.78, 5) is 35.6. The van der Waals surface area contributed by atoms with Crippen LogP contribution in [0.25, 0.3) is 0 Å². The van der Waals surface area contributed by atoms with E-state index in [1.165, 1.54) is 19.4 Å². The van der Waals surface area contributed by atoms with Gasteiger partial charge in [0.25, 0.3) is 0 Å². The fourth-order valence-corrected chi connectivity index (χ4v) is 3.67. The van der Waals surface area contributed by atoms with Crippen LogP contribution in [0.4, 0.5) is 0 Å². The van der Waals surface area contributed by atoms with E-state index in [1.54, 1.807) is 24.3 Å². The maximum Gasteiger partial charge on any atom is 0.338 e. The van der Waals surface area contributed by atoms with Gasteiger partial charge in [0.15, 0.2) is 0 Å². The Labute approximate surface area is 190 Å². The molecule has 0 saturated carbocycles. The van der Waals surface area contributed by atoms with Crippen LogP contribution in [0.2, 0.25) is 0 Å². The lowest BCUT2D eigenvalue weighted by atomic mass is 9.80. The smallest absolute Gasteiger partial charge is 0.338 e. The Morgan fingerprint density at radius 1 is 0.969 bits per heavy atom. The minimum absolute atomic E-state index is 0.251. The van der Waals surface area contributed by atoms with Gasteiger partial charge in [0.2, 0.25) is 0 Å². The fraction of sp³-hybridized carbons (Fsp3) is 0.500. The normalized spacial score (nSPS) is 24.6. The summed E-state index contributed by atoms with van der Waals surface area (Å²) in [6, 6.07) is 6.25. The number of hydrogen-bond donors (Lipinski definition) is 0. The van der Waals surface area contributed by atoms with Gasteiger partial charge < -0.3 is 14.2 Å². The van der Waals surface area contributed by atoms with Gasteiger partial charge >= 0.3 is 17.9 Å². The third-order valence-electron chi connectivity index (χ3n) is 5.66. The summed E-state index contributed by atoms with van der Waals surface area (Å²) in [5.41, 5.74) is 2.19. The number of esters is 3. The highest BCUT2D eigenvalue weighted by molar-refractivity contribution is 5.89. The summed E-state index contributed by atoms with van der Waals surface area (Å²) < 4.78 is 16.5.